The quantitative estimate of drug-likeness (QED) is 0.360. The van der Waals surface area contributed by atoms with Gasteiger partial charge in [0.25, 0.3) is 5.91 Å². The summed E-state index contributed by atoms with van der Waals surface area (Å²) in [5.41, 5.74) is 4.76. The van der Waals surface area contributed by atoms with Gasteiger partial charge in [0.15, 0.2) is 0 Å². The van der Waals surface area contributed by atoms with E-state index < -0.39 is 0 Å². The molecule has 1 aromatic heterocycles. The third kappa shape index (κ3) is 4.28. The summed E-state index contributed by atoms with van der Waals surface area (Å²) in [5, 5.41) is 0. The zero-order valence-corrected chi connectivity index (χ0v) is 17.3. The highest BCUT2D eigenvalue weighted by Crippen LogP contribution is 2.28. The van der Waals surface area contributed by atoms with Gasteiger partial charge >= 0.3 is 0 Å². The van der Waals surface area contributed by atoms with Crippen molar-refractivity contribution in [2.45, 2.75) is 6.54 Å². The van der Waals surface area contributed by atoms with E-state index in [1.54, 1.807) is 17.3 Å². The van der Waals surface area contributed by atoms with Crippen molar-refractivity contribution in [3.63, 3.8) is 0 Å². The summed E-state index contributed by atoms with van der Waals surface area (Å²) < 4.78 is 0.778. The lowest BCUT2D eigenvalue weighted by Gasteiger charge is -2.25. The van der Waals surface area contributed by atoms with Crippen molar-refractivity contribution in [1.82, 2.24) is 4.98 Å². The van der Waals surface area contributed by atoms with Crippen molar-refractivity contribution in [3.05, 3.63) is 119 Å². The molecule has 142 valence electrons. The molecule has 0 radical (unpaired) electrons. The molecule has 0 spiro atoms. The van der Waals surface area contributed by atoms with Gasteiger partial charge in [0, 0.05) is 22.6 Å². The fourth-order valence-corrected chi connectivity index (χ4v) is 3.77. The van der Waals surface area contributed by atoms with Crippen LogP contribution in [0.1, 0.15) is 15.9 Å². The molecule has 1 amide bonds. The summed E-state index contributed by atoms with van der Waals surface area (Å²) in [6.45, 7) is 0.454. The maximum absolute atomic E-state index is 13.5. The number of rotatable bonds is 5. The fourth-order valence-electron chi connectivity index (χ4n) is 3.31. The van der Waals surface area contributed by atoms with Gasteiger partial charge in [-0.15, -0.1) is 0 Å². The third-order valence-corrected chi connectivity index (χ3v) is 5.45. The number of pyridine rings is 1. The van der Waals surface area contributed by atoms with Gasteiger partial charge in [0.05, 0.1) is 12.1 Å². The van der Waals surface area contributed by atoms with E-state index in [2.05, 4.69) is 45.2 Å². The number of carbonyl (C=O) groups is 1. The van der Waals surface area contributed by atoms with E-state index in [0.29, 0.717) is 12.1 Å². The van der Waals surface area contributed by atoms with Gasteiger partial charge in [-0.3, -0.25) is 9.78 Å². The second-order valence-electron chi connectivity index (χ2n) is 6.60. The van der Waals surface area contributed by atoms with Crippen LogP contribution < -0.4 is 4.90 Å². The van der Waals surface area contributed by atoms with Crippen molar-refractivity contribution in [1.29, 1.82) is 0 Å². The van der Waals surface area contributed by atoms with E-state index in [0.717, 1.165) is 26.9 Å². The van der Waals surface area contributed by atoms with Crippen LogP contribution in [0.4, 0.5) is 5.69 Å². The largest absolute Gasteiger partial charge is 0.304 e. The van der Waals surface area contributed by atoms with Crippen molar-refractivity contribution in [2.24, 2.45) is 0 Å². The summed E-state index contributed by atoms with van der Waals surface area (Å²) in [7, 11) is 0. The summed E-state index contributed by atoms with van der Waals surface area (Å²) >= 11 is 3.51. The summed E-state index contributed by atoms with van der Waals surface area (Å²) in [6.07, 6.45) is 3.41. The number of carbonyl (C=O) groups excluding carboxylic acids is 1. The van der Waals surface area contributed by atoms with Gasteiger partial charge in [0.2, 0.25) is 0 Å². The Kier molecular flexibility index (Phi) is 5.82. The molecule has 0 unspecified atom stereocenters. The number of nitrogens with zero attached hydrogens (tertiary/aromatic N) is 2. The highest BCUT2D eigenvalue weighted by molar-refractivity contribution is 9.10. The minimum atomic E-state index is -0.0634. The maximum Gasteiger partial charge on any atom is 0.259 e. The molecular weight excluding hydrogens is 424 g/mol. The summed E-state index contributed by atoms with van der Waals surface area (Å²) in [6, 6.07) is 29.7. The third-order valence-electron chi connectivity index (χ3n) is 4.75. The number of anilines is 1. The van der Waals surface area contributed by atoms with E-state index in [9.17, 15) is 4.79 Å². The van der Waals surface area contributed by atoms with Crippen LogP contribution in [0.25, 0.3) is 11.1 Å². The Morgan fingerprint density at radius 2 is 1.45 bits per heavy atom. The van der Waals surface area contributed by atoms with Gasteiger partial charge < -0.3 is 4.90 Å². The molecule has 3 aromatic carbocycles. The smallest absolute Gasteiger partial charge is 0.259 e. The van der Waals surface area contributed by atoms with Gasteiger partial charge in [-0.05, 0) is 56.9 Å². The first-order chi connectivity index (χ1) is 14.2. The number of hydrogen-bond donors (Lipinski definition) is 0. The molecule has 0 saturated heterocycles. The minimum Gasteiger partial charge on any atom is -0.304 e. The Morgan fingerprint density at radius 3 is 2.21 bits per heavy atom. The van der Waals surface area contributed by atoms with E-state index in [1.807, 2.05) is 66.7 Å². The Morgan fingerprint density at radius 1 is 0.793 bits per heavy atom. The number of halogens is 1. The molecule has 0 bridgehead atoms. The van der Waals surface area contributed by atoms with Crippen LogP contribution in [-0.4, -0.2) is 10.9 Å². The Hall–Kier alpha value is -3.24. The summed E-state index contributed by atoms with van der Waals surface area (Å²) in [4.78, 5) is 19.4. The normalized spacial score (nSPS) is 10.5. The molecule has 0 fully saturated rings. The standard InChI is InChI=1S/C25H19BrN2O/c26-24-13-7-6-12-23(24)25(29)28(21-14-16-27-17-15-21)18-20-10-4-5-11-22(20)19-8-2-1-3-9-19/h1-17H,18H2. The first-order valence-corrected chi connectivity index (χ1v) is 10.1. The summed E-state index contributed by atoms with van der Waals surface area (Å²) in [5.74, 6) is -0.0634. The predicted molar refractivity (Wildman–Crippen MR) is 121 cm³/mol. The van der Waals surface area contributed by atoms with Crippen molar-refractivity contribution in [3.8, 4) is 11.1 Å². The molecule has 1 heterocycles. The molecule has 0 aliphatic carbocycles. The van der Waals surface area contributed by atoms with Gasteiger partial charge in [-0.2, -0.15) is 0 Å². The maximum atomic E-state index is 13.5. The molecule has 4 rings (SSSR count). The average Bonchev–Trinajstić information content (AvgIpc) is 2.79. The number of aromatic nitrogens is 1. The molecule has 4 heteroatoms. The molecular formula is C25H19BrN2O. The molecule has 0 aliphatic heterocycles. The number of amides is 1. The van der Waals surface area contributed by atoms with Crippen molar-refractivity contribution >= 4 is 27.5 Å². The van der Waals surface area contributed by atoms with E-state index in [4.69, 9.17) is 0 Å². The zero-order chi connectivity index (χ0) is 20.1. The zero-order valence-electron chi connectivity index (χ0n) is 15.7. The molecule has 0 N–H and O–H groups in total. The van der Waals surface area contributed by atoms with Crippen LogP contribution in [0, 0.1) is 0 Å². The van der Waals surface area contributed by atoms with Crippen LogP contribution in [0.15, 0.2) is 108 Å². The number of benzene rings is 3. The van der Waals surface area contributed by atoms with E-state index >= 15 is 0 Å². The number of hydrogen-bond acceptors (Lipinski definition) is 2. The Labute approximate surface area is 178 Å². The topological polar surface area (TPSA) is 33.2 Å². The molecule has 29 heavy (non-hydrogen) atoms. The van der Waals surface area contributed by atoms with Gasteiger partial charge in [0.1, 0.15) is 0 Å². The fraction of sp³-hybridized carbons (Fsp3) is 0.0400. The first kappa shape index (κ1) is 19.1. The lowest BCUT2D eigenvalue weighted by Crippen LogP contribution is -2.31. The van der Waals surface area contributed by atoms with Crippen molar-refractivity contribution in [2.75, 3.05) is 4.90 Å². The van der Waals surface area contributed by atoms with Crippen LogP contribution in [0.3, 0.4) is 0 Å². The van der Waals surface area contributed by atoms with Gasteiger partial charge in [-0.1, -0.05) is 66.7 Å². The van der Waals surface area contributed by atoms with Crippen molar-refractivity contribution < 1.29 is 4.79 Å². The molecule has 4 aromatic rings. The lowest BCUT2D eigenvalue weighted by atomic mass is 9.99. The van der Waals surface area contributed by atoms with E-state index in [1.165, 1.54) is 0 Å². The Bertz CT molecular complexity index is 1110. The van der Waals surface area contributed by atoms with E-state index in [-0.39, 0.29) is 5.91 Å². The van der Waals surface area contributed by atoms with Crippen LogP contribution in [0.2, 0.25) is 0 Å². The monoisotopic (exact) mass is 442 g/mol. The SMILES string of the molecule is O=C(c1ccccc1Br)N(Cc1ccccc1-c1ccccc1)c1ccncc1. The Balaban J connectivity index is 1.77. The molecule has 0 atom stereocenters. The molecule has 0 aliphatic rings. The van der Waals surface area contributed by atoms with Crippen LogP contribution in [-0.2, 0) is 6.54 Å². The van der Waals surface area contributed by atoms with Gasteiger partial charge in [-0.25, -0.2) is 0 Å². The lowest BCUT2D eigenvalue weighted by molar-refractivity contribution is 0.0984. The molecule has 3 nitrogen and oxygen atoms in total. The first-order valence-electron chi connectivity index (χ1n) is 9.34. The highest BCUT2D eigenvalue weighted by Gasteiger charge is 2.21. The highest BCUT2D eigenvalue weighted by atomic mass is 79.9. The average molecular weight is 443 g/mol. The predicted octanol–water partition coefficient (Wildman–Crippen LogP) is 6.36. The second kappa shape index (κ2) is 8.84. The molecule has 0 saturated carbocycles. The van der Waals surface area contributed by atoms with Crippen LogP contribution >= 0.6 is 15.9 Å². The second-order valence-corrected chi connectivity index (χ2v) is 7.45. The minimum absolute atomic E-state index is 0.0634. The van der Waals surface area contributed by atoms with Crippen LogP contribution in [0.5, 0.6) is 0 Å².